The second-order valence-electron chi connectivity index (χ2n) is 7.26. The molecule has 1 saturated heterocycles. The van der Waals surface area contributed by atoms with Gasteiger partial charge in [-0.3, -0.25) is 9.36 Å². The normalized spacial score (nSPS) is 15.9. The third kappa shape index (κ3) is 3.61. The number of halogens is 1. The summed E-state index contributed by atoms with van der Waals surface area (Å²) in [7, 11) is -3.79. The molecule has 1 amide bonds. The zero-order chi connectivity index (χ0) is 21.6. The third-order valence-electron chi connectivity index (χ3n) is 5.05. The molecule has 0 N–H and O–H groups in total. The molecule has 3 aromatic rings. The van der Waals surface area contributed by atoms with Gasteiger partial charge in [-0.1, -0.05) is 0 Å². The zero-order valence-electron chi connectivity index (χ0n) is 16.4. The third-order valence-corrected chi connectivity index (χ3v) is 7.37. The van der Waals surface area contributed by atoms with Crippen molar-refractivity contribution in [2.24, 2.45) is 0 Å². The van der Waals surface area contributed by atoms with Gasteiger partial charge in [-0.15, -0.1) is 0 Å². The quantitative estimate of drug-likeness (QED) is 0.548. The number of aromatic nitrogens is 1. The van der Waals surface area contributed by atoms with Crippen molar-refractivity contribution in [2.45, 2.75) is 24.8 Å². The highest BCUT2D eigenvalue weighted by molar-refractivity contribution is 9.10. The van der Waals surface area contributed by atoms with Gasteiger partial charge in [-0.05, 0) is 54.0 Å². The lowest BCUT2D eigenvalue weighted by atomic mass is 10.3. The fourth-order valence-corrected chi connectivity index (χ4v) is 5.28. The van der Waals surface area contributed by atoms with Gasteiger partial charge in [0.1, 0.15) is 0 Å². The molecule has 2 aromatic heterocycles. The highest BCUT2D eigenvalue weighted by Crippen LogP contribution is 2.24. The molecule has 0 spiro atoms. The van der Waals surface area contributed by atoms with E-state index in [1.807, 2.05) is 13.8 Å². The van der Waals surface area contributed by atoms with E-state index in [0.29, 0.717) is 10.2 Å². The van der Waals surface area contributed by atoms with Crippen molar-refractivity contribution in [3.8, 4) is 0 Å². The fraction of sp³-hybridized carbons (Fsp3) is 0.368. The van der Waals surface area contributed by atoms with E-state index >= 15 is 0 Å². The largest absolute Gasteiger partial charge is 0.444 e. The smallest absolute Gasteiger partial charge is 0.420 e. The molecule has 0 atom stereocenters. The van der Waals surface area contributed by atoms with Gasteiger partial charge in [0.15, 0.2) is 16.0 Å². The Bertz CT molecular complexity index is 1260. The number of hydrogen-bond donors (Lipinski definition) is 0. The molecule has 30 heavy (non-hydrogen) atoms. The van der Waals surface area contributed by atoms with E-state index in [4.69, 9.17) is 8.83 Å². The molecule has 160 valence electrons. The summed E-state index contributed by atoms with van der Waals surface area (Å²) in [5, 5.41) is 0. The van der Waals surface area contributed by atoms with Gasteiger partial charge in [0, 0.05) is 38.3 Å². The lowest BCUT2D eigenvalue weighted by Gasteiger charge is -2.33. The summed E-state index contributed by atoms with van der Waals surface area (Å²) < 4.78 is 39.9. The van der Waals surface area contributed by atoms with Crippen LogP contribution >= 0.6 is 15.9 Å². The Balaban J connectivity index is 1.53. The average molecular weight is 498 g/mol. The van der Waals surface area contributed by atoms with Gasteiger partial charge in [0.2, 0.25) is 10.0 Å². The number of carbonyl (C=O) groups is 1. The monoisotopic (exact) mass is 497 g/mol. The van der Waals surface area contributed by atoms with Gasteiger partial charge in [-0.25, -0.2) is 13.2 Å². The van der Waals surface area contributed by atoms with Crippen LogP contribution in [-0.4, -0.2) is 54.3 Å². The molecule has 0 unspecified atom stereocenters. The maximum absolute atomic E-state index is 13.1. The summed E-state index contributed by atoms with van der Waals surface area (Å²) in [5.41, 5.74) is 0.779. The minimum absolute atomic E-state index is 0.0504. The molecule has 1 aliphatic rings. The average Bonchev–Trinajstić information content (AvgIpc) is 3.29. The lowest BCUT2D eigenvalue weighted by Crippen LogP contribution is -2.50. The van der Waals surface area contributed by atoms with Crippen LogP contribution in [0.4, 0.5) is 0 Å². The van der Waals surface area contributed by atoms with Crippen LogP contribution in [0.15, 0.2) is 53.5 Å². The Morgan fingerprint density at radius 2 is 1.77 bits per heavy atom. The number of sulfonamides is 1. The van der Waals surface area contributed by atoms with E-state index < -0.39 is 15.8 Å². The van der Waals surface area contributed by atoms with Crippen LogP contribution in [0, 0.1) is 0 Å². The zero-order valence-corrected chi connectivity index (χ0v) is 18.8. The number of hydrogen-bond acceptors (Lipinski definition) is 6. The molecule has 4 rings (SSSR count). The van der Waals surface area contributed by atoms with Crippen molar-refractivity contribution in [1.29, 1.82) is 0 Å². The first kappa shape index (κ1) is 20.9. The number of rotatable bonds is 4. The molecule has 9 nitrogen and oxygen atoms in total. The highest BCUT2D eigenvalue weighted by Gasteiger charge is 2.32. The standard InChI is InChI=1S/C19H20BrN3O6S/c1-12(2)23-14-4-3-13(11-16(14)29-19(23)25)30(26,27)22-9-7-21(8-10-22)18(24)15-5-6-17(20)28-15/h3-6,11-12H,7-10H2,1-2H3. The maximum Gasteiger partial charge on any atom is 0.420 e. The van der Waals surface area contributed by atoms with Gasteiger partial charge in [-0.2, -0.15) is 4.31 Å². The van der Waals surface area contributed by atoms with Crippen molar-refractivity contribution < 1.29 is 22.0 Å². The Morgan fingerprint density at radius 1 is 1.07 bits per heavy atom. The minimum atomic E-state index is -3.79. The molecule has 11 heteroatoms. The topological polar surface area (TPSA) is 106 Å². The molecule has 0 saturated carbocycles. The first-order chi connectivity index (χ1) is 14.2. The van der Waals surface area contributed by atoms with Crippen LogP contribution in [0.1, 0.15) is 30.4 Å². The number of nitrogens with zero attached hydrogens (tertiary/aromatic N) is 3. The summed E-state index contributed by atoms with van der Waals surface area (Å²) in [6, 6.07) is 7.53. The number of amides is 1. The Labute approximate surface area is 181 Å². The number of fused-ring (bicyclic) bond motifs is 1. The Hall–Kier alpha value is -2.37. The molecule has 0 aliphatic carbocycles. The summed E-state index contributed by atoms with van der Waals surface area (Å²) in [5.74, 6) is -0.601. The van der Waals surface area contributed by atoms with Crippen LogP contribution < -0.4 is 5.76 Å². The summed E-state index contributed by atoms with van der Waals surface area (Å²) >= 11 is 3.16. The fourth-order valence-electron chi connectivity index (χ4n) is 3.53. The Morgan fingerprint density at radius 3 is 2.37 bits per heavy atom. The number of carbonyl (C=O) groups excluding carboxylic acids is 1. The number of benzene rings is 1. The lowest BCUT2D eigenvalue weighted by molar-refractivity contribution is 0.0664. The van der Waals surface area contributed by atoms with Gasteiger partial charge < -0.3 is 13.7 Å². The summed E-state index contributed by atoms with van der Waals surface area (Å²) in [6.07, 6.45) is 0. The molecule has 0 radical (unpaired) electrons. The van der Waals surface area contributed by atoms with Crippen molar-refractivity contribution >= 4 is 43.0 Å². The van der Waals surface area contributed by atoms with Crippen LogP contribution in [0.5, 0.6) is 0 Å². The molecule has 1 aliphatic heterocycles. The SMILES string of the molecule is CC(C)n1c(=O)oc2cc(S(=O)(=O)N3CCN(C(=O)c4ccc(Br)o4)CC3)ccc21. The predicted molar refractivity (Wildman–Crippen MR) is 112 cm³/mol. The number of piperazine rings is 1. The van der Waals surface area contributed by atoms with Crippen LogP contribution in [0.2, 0.25) is 0 Å². The van der Waals surface area contributed by atoms with E-state index in [2.05, 4.69) is 15.9 Å². The van der Waals surface area contributed by atoms with Crippen molar-refractivity contribution in [1.82, 2.24) is 13.8 Å². The van der Waals surface area contributed by atoms with Crippen LogP contribution in [0.25, 0.3) is 11.1 Å². The van der Waals surface area contributed by atoms with Crippen LogP contribution in [-0.2, 0) is 10.0 Å². The summed E-state index contributed by atoms with van der Waals surface area (Å²) in [6.45, 7) is 4.51. The van der Waals surface area contributed by atoms with Gasteiger partial charge in [0.05, 0.1) is 10.4 Å². The molecule has 3 heterocycles. The van der Waals surface area contributed by atoms with Gasteiger partial charge >= 0.3 is 5.76 Å². The predicted octanol–water partition coefficient (Wildman–Crippen LogP) is 2.68. The Kier molecular flexibility index (Phi) is 5.37. The van der Waals surface area contributed by atoms with Crippen molar-refractivity contribution in [3.63, 3.8) is 0 Å². The second kappa shape index (κ2) is 7.71. The van der Waals surface area contributed by atoms with E-state index in [-0.39, 0.29) is 54.4 Å². The molecule has 1 fully saturated rings. The van der Waals surface area contributed by atoms with Crippen molar-refractivity contribution in [2.75, 3.05) is 26.2 Å². The summed E-state index contributed by atoms with van der Waals surface area (Å²) in [4.78, 5) is 26.1. The highest BCUT2D eigenvalue weighted by atomic mass is 79.9. The van der Waals surface area contributed by atoms with E-state index in [1.54, 1.807) is 23.1 Å². The second-order valence-corrected chi connectivity index (χ2v) is 9.98. The molecule has 0 bridgehead atoms. The molecular formula is C19H20BrN3O6S. The molecule has 1 aromatic carbocycles. The van der Waals surface area contributed by atoms with E-state index in [9.17, 15) is 18.0 Å². The first-order valence-electron chi connectivity index (χ1n) is 9.38. The first-order valence-corrected chi connectivity index (χ1v) is 11.6. The minimum Gasteiger partial charge on any atom is -0.444 e. The van der Waals surface area contributed by atoms with E-state index in [1.165, 1.54) is 21.0 Å². The van der Waals surface area contributed by atoms with E-state index in [0.717, 1.165) is 0 Å². The van der Waals surface area contributed by atoms with Gasteiger partial charge in [0.25, 0.3) is 5.91 Å². The number of oxazole rings is 1. The molecular weight excluding hydrogens is 478 g/mol. The maximum atomic E-state index is 13.1. The van der Waals surface area contributed by atoms with Crippen LogP contribution in [0.3, 0.4) is 0 Å². The van der Waals surface area contributed by atoms with Crippen molar-refractivity contribution in [3.05, 3.63) is 51.3 Å². The number of furan rings is 1.